The number of hydrogen-bond acceptors (Lipinski definition) is 2. The summed E-state index contributed by atoms with van der Waals surface area (Å²) in [5.74, 6) is 0. The first kappa shape index (κ1) is 10.9. The van der Waals surface area contributed by atoms with Crippen molar-refractivity contribution in [3.05, 3.63) is 0 Å². The molecule has 0 radical (unpaired) electrons. The minimum absolute atomic E-state index is 0.0845. The van der Waals surface area contributed by atoms with Gasteiger partial charge in [0.1, 0.15) is 0 Å². The van der Waals surface area contributed by atoms with E-state index < -0.39 is 0 Å². The Morgan fingerprint density at radius 2 is 1.55 bits per heavy atom. The molecule has 0 aromatic rings. The third kappa shape index (κ3) is 1.94. The number of nitrogens with one attached hydrogen (secondary N) is 1. The highest BCUT2D eigenvalue weighted by atomic mass is 15.0. The van der Waals surface area contributed by atoms with E-state index in [0.29, 0.717) is 0 Å². The molecular weight excluding hydrogens is 136 g/mol. The van der Waals surface area contributed by atoms with Crippen LogP contribution in [0.3, 0.4) is 0 Å². The van der Waals surface area contributed by atoms with Crippen LogP contribution in [0.5, 0.6) is 0 Å². The van der Waals surface area contributed by atoms with Crippen LogP contribution >= 0.6 is 0 Å². The van der Waals surface area contributed by atoms with Crippen molar-refractivity contribution < 1.29 is 0 Å². The largest absolute Gasteiger partial charge is 0.327 e. The van der Waals surface area contributed by atoms with Crippen LogP contribution < -0.4 is 11.1 Å². The molecule has 68 valence electrons. The van der Waals surface area contributed by atoms with Gasteiger partial charge in [0.15, 0.2) is 0 Å². The Kier molecular flexibility index (Phi) is 3.09. The SMILES string of the molecule is CNC(C)(C)C(C)(C)C(C)N. The molecule has 1 unspecified atom stereocenters. The minimum atomic E-state index is 0.0845. The quantitative estimate of drug-likeness (QED) is 0.651. The first-order valence-electron chi connectivity index (χ1n) is 4.20. The molecule has 11 heavy (non-hydrogen) atoms. The van der Waals surface area contributed by atoms with Gasteiger partial charge < -0.3 is 11.1 Å². The van der Waals surface area contributed by atoms with Crippen molar-refractivity contribution in [1.82, 2.24) is 5.32 Å². The van der Waals surface area contributed by atoms with Gasteiger partial charge in [-0.3, -0.25) is 0 Å². The maximum atomic E-state index is 5.89. The second-order valence-corrected chi connectivity index (χ2v) is 4.39. The summed E-state index contributed by atoms with van der Waals surface area (Å²) in [6.07, 6.45) is 0. The van der Waals surface area contributed by atoms with Crippen molar-refractivity contribution in [2.24, 2.45) is 11.1 Å². The molecule has 0 aromatic heterocycles. The number of rotatable bonds is 3. The molecule has 2 nitrogen and oxygen atoms in total. The van der Waals surface area contributed by atoms with Gasteiger partial charge in [0.25, 0.3) is 0 Å². The molecule has 0 heterocycles. The van der Waals surface area contributed by atoms with Gasteiger partial charge in [0.05, 0.1) is 0 Å². The van der Waals surface area contributed by atoms with Crippen LogP contribution in [0, 0.1) is 5.41 Å². The fraction of sp³-hybridized carbons (Fsp3) is 1.00. The van der Waals surface area contributed by atoms with Gasteiger partial charge in [-0.15, -0.1) is 0 Å². The summed E-state index contributed by atoms with van der Waals surface area (Å²) >= 11 is 0. The summed E-state index contributed by atoms with van der Waals surface area (Å²) in [5, 5.41) is 3.28. The maximum absolute atomic E-state index is 5.89. The highest BCUT2D eigenvalue weighted by molar-refractivity contribution is 4.96. The van der Waals surface area contributed by atoms with E-state index in [0.717, 1.165) is 0 Å². The zero-order valence-corrected chi connectivity index (χ0v) is 8.65. The Bertz CT molecular complexity index is 126. The van der Waals surface area contributed by atoms with E-state index >= 15 is 0 Å². The van der Waals surface area contributed by atoms with Crippen molar-refractivity contribution in [3.63, 3.8) is 0 Å². The monoisotopic (exact) mass is 158 g/mol. The van der Waals surface area contributed by atoms with Crippen LogP contribution in [0.1, 0.15) is 34.6 Å². The summed E-state index contributed by atoms with van der Waals surface area (Å²) in [6, 6.07) is 0.199. The van der Waals surface area contributed by atoms with Crippen LogP contribution in [0.15, 0.2) is 0 Å². The van der Waals surface area contributed by atoms with Gasteiger partial charge in [0.2, 0.25) is 0 Å². The van der Waals surface area contributed by atoms with Crippen LogP contribution in [-0.2, 0) is 0 Å². The Labute approximate surface area is 70.5 Å². The zero-order valence-electron chi connectivity index (χ0n) is 8.65. The van der Waals surface area contributed by atoms with Gasteiger partial charge in [-0.1, -0.05) is 13.8 Å². The molecule has 0 saturated carbocycles. The maximum Gasteiger partial charge on any atom is 0.0187 e. The molecular formula is C9H22N2. The van der Waals surface area contributed by atoms with Crippen LogP contribution in [0.25, 0.3) is 0 Å². The van der Waals surface area contributed by atoms with Gasteiger partial charge >= 0.3 is 0 Å². The summed E-state index contributed by atoms with van der Waals surface area (Å²) in [6.45, 7) is 10.8. The van der Waals surface area contributed by atoms with Crippen molar-refractivity contribution in [2.75, 3.05) is 7.05 Å². The molecule has 1 atom stereocenters. The van der Waals surface area contributed by atoms with Crippen molar-refractivity contribution in [3.8, 4) is 0 Å². The highest BCUT2D eigenvalue weighted by Crippen LogP contribution is 2.32. The number of nitrogens with two attached hydrogens (primary N) is 1. The summed E-state index contributed by atoms with van der Waals surface area (Å²) in [5.41, 5.74) is 6.09. The predicted molar refractivity (Wildman–Crippen MR) is 50.6 cm³/mol. The molecule has 0 aliphatic carbocycles. The standard InChI is InChI=1S/C9H22N2/c1-7(10)8(2,3)9(4,5)11-6/h7,11H,10H2,1-6H3. The molecule has 0 fully saturated rings. The Balaban J connectivity index is 4.53. The van der Waals surface area contributed by atoms with Gasteiger partial charge in [-0.25, -0.2) is 0 Å². The van der Waals surface area contributed by atoms with Crippen LogP contribution in [0.2, 0.25) is 0 Å². The summed E-state index contributed by atoms with van der Waals surface area (Å²) in [4.78, 5) is 0. The molecule has 0 aliphatic rings. The van der Waals surface area contributed by atoms with E-state index in [4.69, 9.17) is 5.73 Å². The molecule has 0 amide bonds. The lowest BCUT2D eigenvalue weighted by Gasteiger charge is -2.44. The van der Waals surface area contributed by atoms with Crippen molar-refractivity contribution in [1.29, 1.82) is 0 Å². The average molecular weight is 158 g/mol. The Hall–Kier alpha value is -0.0800. The molecule has 0 aromatic carbocycles. The average Bonchev–Trinajstić information content (AvgIpc) is 1.87. The Morgan fingerprint density at radius 3 is 1.64 bits per heavy atom. The van der Waals surface area contributed by atoms with E-state index in [1.807, 2.05) is 7.05 Å². The predicted octanol–water partition coefficient (Wildman–Crippen LogP) is 1.36. The third-order valence-electron chi connectivity index (χ3n) is 3.37. The van der Waals surface area contributed by atoms with E-state index in [2.05, 4.69) is 39.9 Å². The molecule has 0 spiro atoms. The van der Waals surface area contributed by atoms with Crippen LogP contribution in [0.4, 0.5) is 0 Å². The molecule has 2 heteroatoms. The molecule has 0 saturated heterocycles. The van der Waals surface area contributed by atoms with Gasteiger partial charge in [-0.2, -0.15) is 0 Å². The smallest absolute Gasteiger partial charge is 0.0187 e. The fourth-order valence-corrected chi connectivity index (χ4v) is 0.891. The van der Waals surface area contributed by atoms with Gasteiger partial charge in [0, 0.05) is 11.6 Å². The second-order valence-electron chi connectivity index (χ2n) is 4.39. The lowest BCUT2D eigenvalue weighted by Crippen LogP contribution is -2.56. The van der Waals surface area contributed by atoms with Crippen LogP contribution in [-0.4, -0.2) is 18.6 Å². The first-order chi connectivity index (χ1) is 4.75. The van der Waals surface area contributed by atoms with Gasteiger partial charge in [-0.05, 0) is 33.2 Å². The van der Waals surface area contributed by atoms with Crippen molar-refractivity contribution >= 4 is 0 Å². The van der Waals surface area contributed by atoms with Crippen molar-refractivity contribution in [2.45, 2.75) is 46.2 Å². The first-order valence-corrected chi connectivity index (χ1v) is 4.20. The second kappa shape index (κ2) is 3.11. The topological polar surface area (TPSA) is 38.0 Å². The number of hydrogen-bond donors (Lipinski definition) is 2. The zero-order chi connectivity index (χ0) is 9.28. The summed E-state index contributed by atoms with van der Waals surface area (Å²) in [7, 11) is 1.98. The molecule has 0 bridgehead atoms. The van der Waals surface area contributed by atoms with E-state index in [-0.39, 0.29) is 17.0 Å². The highest BCUT2D eigenvalue weighted by Gasteiger charge is 2.38. The fourth-order valence-electron chi connectivity index (χ4n) is 0.891. The molecule has 3 N–H and O–H groups in total. The molecule has 0 aliphatic heterocycles. The van der Waals surface area contributed by atoms with E-state index in [1.165, 1.54) is 0 Å². The normalized spacial score (nSPS) is 16.6. The van der Waals surface area contributed by atoms with E-state index in [1.54, 1.807) is 0 Å². The third-order valence-corrected chi connectivity index (χ3v) is 3.37. The lowest BCUT2D eigenvalue weighted by molar-refractivity contribution is 0.135. The van der Waals surface area contributed by atoms with E-state index in [9.17, 15) is 0 Å². The molecule has 0 rings (SSSR count). The lowest BCUT2D eigenvalue weighted by atomic mass is 9.70. The minimum Gasteiger partial charge on any atom is -0.327 e. The summed E-state index contributed by atoms with van der Waals surface area (Å²) < 4.78 is 0. The Morgan fingerprint density at radius 1 is 1.18 bits per heavy atom.